The fraction of sp³-hybridized carbons (Fsp3) is 0.321. The van der Waals surface area contributed by atoms with Gasteiger partial charge >= 0.3 is 0 Å². The van der Waals surface area contributed by atoms with Crippen LogP contribution in [-0.2, 0) is 11.3 Å². The second kappa shape index (κ2) is 9.06. The molecule has 0 bridgehead atoms. The van der Waals surface area contributed by atoms with Gasteiger partial charge in [-0.15, -0.1) is 0 Å². The normalized spacial score (nSPS) is 18.1. The molecule has 3 aromatic rings. The molecular weight excluding hydrogens is 438 g/mol. The highest BCUT2D eigenvalue weighted by molar-refractivity contribution is 6.05. The lowest BCUT2D eigenvalue weighted by Crippen LogP contribution is -2.40. The quantitative estimate of drug-likeness (QED) is 0.375. The van der Waals surface area contributed by atoms with Crippen molar-refractivity contribution < 1.29 is 9.53 Å². The second-order valence-electron chi connectivity index (χ2n) is 9.57. The summed E-state index contributed by atoms with van der Waals surface area (Å²) in [4.78, 5) is 17.1. The minimum Gasteiger partial charge on any atom is -0.490 e. The monoisotopic (exact) mass is 469 g/mol. The molecule has 7 heteroatoms. The number of hydrogen-bond donors (Lipinski definition) is 3. The molecule has 1 saturated heterocycles. The van der Waals surface area contributed by atoms with Crippen LogP contribution in [0.25, 0.3) is 10.8 Å². The van der Waals surface area contributed by atoms with E-state index in [1.807, 2.05) is 67.3 Å². The second-order valence-corrected chi connectivity index (χ2v) is 9.57. The molecule has 1 fully saturated rings. The lowest BCUT2D eigenvalue weighted by atomic mass is 10.0. The van der Waals surface area contributed by atoms with Crippen molar-refractivity contribution in [3.05, 3.63) is 71.3 Å². The summed E-state index contributed by atoms with van der Waals surface area (Å²) in [6, 6.07) is 17.9. The Bertz CT molecular complexity index is 1330. The Kier molecular flexibility index (Phi) is 5.93. The van der Waals surface area contributed by atoms with Crippen LogP contribution in [0.2, 0.25) is 0 Å². The van der Waals surface area contributed by atoms with Gasteiger partial charge in [-0.1, -0.05) is 24.3 Å². The Labute approximate surface area is 205 Å². The van der Waals surface area contributed by atoms with E-state index in [-0.39, 0.29) is 23.8 Å². The van der Waals surface area contributed by atoms with Gasteiger partial charge in [-0.3, -0.25) is 15.6 Å². The Hall–Kier alpha value is -3.87. The Morgan fingerprint density at radius 2 is 1.77 bits per heavy atom. The number of carbonyl (C=O) groups is 1. The number of carbonyl (C=O) groups excluding carboxylic acids is 1. The van der Waals surface area contributed by atoms with Gasteiger partial charge in [0.15, 0.2) is 0 Å². The van der Waals surface area contributed by atoms with Gasteiger partial charge in [0.25, 0.3) is 0 Å². The van der Waals surface area contributed by atoms with Crippen LogP contribution < -0.4 is 15.4 Å². The Balaban J connectivity index is 1.34. The fourth-order valence-corrected chi connectivity index (χ4v) is 5.09. The summed E-state index contributed by atoms with van der Waals surface area (Å²) in [5.74, 6) is 1.32. The summed E-state index contributed by atoms with van der Waals surface area (Å²) in [5.41, 5.74) is 9.31. The van der Waals surface area contributed by atoms with E-state index in [2.05, 4.69) is 11.0 Å². The minimum atomic E-state index is -0.222. The van der Waals surface area contributed by atoms with Crippen LogP contribution in [0.3, 0.4) is 0 Å². The summed E-state index contributed by atoms with van der Waals surface area (Å²) >= 11 is 0. The molecule has 2 aliphatic heterocycles. The molecule has 0 aromatic heterocycles. The molecule has 4 N–H and O–H groups in total. The van der Waals surface area contributed by atoms with Gasteiger partial charge in [0.05, 0.1) is 18.3 Å². The molecule has 0 spiro atoms. The number of nitrogens with one attached hydrogen (secondary N) is 2. The van der Waals surface area contributed by atoms with Gasteiger partial charge in [0, 0.05) is 37.2 Å². The molecule has 0 aliphatic carbocycles. The third kappa shape index (κ3) is 4.46. The number of fused-ring (bicyclic) bond motifs is 2. The van der Waals surface area contributed by atoms with E-state index in [1.165, 1.54) is 0 Å². The average Bonchev–Trinajstić information content (AvgIpc) is 3.08. The number of likely N-dealkylation sites (tertiary alicyclic amines) is 1. The summed E-state index contributed by atoms with van der Waals surface area (Å²) in [6.45, 7) is 5.95. The van der Waals surface area contributed by atoms with E-state index in [4.69, 9.17) is 21.3 Å². The maximum absolute atomic E-state index is 13.2. The van der Waals surface area contributed by atoms with Gasteiger partial charge in [-0.05, 0) is 66.1 Å². The first-order valence-electron chi connectivity index (χ1n) is 12.1. The summed E-state index contributed by atoms with van der Waals surface area (Å²) in [7, 11) is 0. The lowest BCUT2D eigenvalue weighted by Gasteiger charge is -2.32. The van der Waals surface area contributed by atoms with E-state index < -0.39 is 0 Å². The zero-order valence-corrected chi connectivity index (χ0v) is 20.2. The van der Waals surface area contributed by atoms with Crippen molar-refractivity contribution in [2.45, 2.75) is 45.3 Å². The van der Waals surface area contributed by atoms with Gasteiger partial charge in [-0.25, -0.2) is 0 Å². The molecule has 1 unspecified atom stereocenters. The first-order chi connectivity index (χ1) is 16.8. The highest BCUT2D eigenvalue weighted by Crippen LogP contribution is 2.40. The van der Waals surface area contributed by atoms with E-state index >= 15 is 0 Å². The molecule has 5 rings (SSSR count). The molecular formula is C28H31N5O2. The van der Waals surface area contributed by atoms with Crippen LogP contribution in [0.5, 0.6) is 5.75 Å². The maximum Gasteiger partial charge on any atom is 0.234 e. The number of anilines is 1. The molecule has 180 valence electrons. The van der Waals surface area contributed by atoms with Crippen molar-refractivity contribution in [3.8, 4) is 5.75 Å². The third-order valence-electron chi connectivity index (χ3n) is 7.17. The van der Waals surface area contributed by atoms with Crippen molar-refractivity contribution in [3.63, 3.8) is 0 Å². The number of rotatable bonds is 5. The highest BCUT2D eigenvalue weighted by atomic mass is 16.5. The molecule has 3 aromatic carbocycles. The topological polar surface area (TPSA) is 107 Å². The summed E-state index contributed by atoms with van der Waals surface area (Å²) in [6.07, 6.45) is 1.91. The smallest absolute Gasteiger partial charge is 0.234 e. The zero-order chi connectivity index (χ0) is 24.7. The van der Waals surface area contributed by atoms with Crippen molar-refractivity contribution in [2.24, 2.45) is 5.73 Å². The third-order valence-corrected chi connectivity index (χ3v) is 7.17. The fourth-order valence-electron chi connectivity index (χ4n) is 5.09. The standard InChI is InChI=1S/C28H31N5O2/c1-17-25-15-24(35-23-9-11-32(12-10-23)18(2)29)7-8-26(25)33(28(17)34)16-19-3-4-20-5-6-21(27(30)31)14-22(20)13-19/h3-8,13-15,17,23,29H,9-12,16H2,1-2H3,(H3,30,31). The molecule has 0 saturated carbocycles. The largest absolute Gasteiger partial charge is 0.490 e. The van der Waals surface area contributed by atoms with Gasteiger partial charge in [0.1, 0.15) is 17.7 Å². The van der Waals surface area contributed by atoms with Gasteiger partial charge < -0.3 is 20.3 Å². The molecule has 2 aliphatic rings. The number of amidine groups is 2. The van der Waals surface area contributed by atoms with Gasteiger partial charge in [-0.2, -0.15) is 0 Å². The molecule has 1 amide bonds. The van der Waals surface area contributed by atoms with Crippen molar-refractivity contribution in [2.75, 3.05) is 18.0 Å². The minimum absolute atomic E-state index is 0.0446. The number of nitrogens with zero attached hydrogens (tertiary/aromatic N) is 2. The van der Waals surface area contributed by atoms with Crippen LogP contribution in [0.1, 0.15) is 49.3 Å². The van der Waals surface area contributed by atoms with Crippen molar-refractivity contribution in [1.82, 2.24) is 4.90 Å². The number of nitrogen functional groups attached to an aromatic ring is 1. The SMILES string of the molecule is CC(=N)N1CCC(Oc2ccc3c(c2)C(C)C(=O)N3Cc2ccc3ccc(C(=N)N)cc3c2)CC1. The predicted octanol–water partition coefficient (Wildman–Crippen LogP) is 4.61. The van der Waals surface area contributed by atoms with Crippen LogP contribution in [-0.4, -0.2) is 41.7 Å². The molecule has 0 radical (unpaired) electrons. The maximum atomic E-state index is 13.2. The molecule has 2 heterocycles. The van der Waals surface area contributed by atoms with Crippen molar-refractivity contribution in [1.29, 1.82) is 10.8 Å². The number of hydrogen-bond acceptors (Lipinski definition) is 4. The van der Waals surface area contributed by atoms with Crippen molar-refractivity contribution >= 4 is 34.0 Å². The first kappa shape index (κ1) is 22.9. The van der Waals surface area contributed by atoms with E-state index in [1.54, 1.807) is 0 Å². The number of benzene rings is 3. The molecule has 1 atom stereocenters. The summed E-state index contributed by atoms with van der Waals surface area (Å²) < 4.78 is 6.27. The van der Waals surface area contributed by atoms with Crippen LogP contribution in [0, 0.1) is 10.8 Å². The number of nitrogens with two attached hydrogens (primary N) is 1. The molecule has 35 heavy (non-hydrogen) atoms. The predicted molar refractivity (Wildman–Crippen MR) is 140 cm³/mol. The highest BCUT2D eigenvalue weighted by Gasteiger charge is 2.34. The Morgan fingerprint density at radius 1 is 1.03 bits per heavy atom. The molecule has 7 nitrogen and oxygen atoms in total. The van der Waals surface area contributed by atoms with E-state index in [0.717, 1.165) is 59.3 Å². The van der Waals surface area contributed by atoms with Gasteiger partial charge in [0.2, 0.25) is 5.91 Å². The number of amides is 1. The zero-order valence-electron chi connectivity index (χ0n) is 20.2. The Morgan fingerprint density at radius 3 is 2.49 bits per heavy atom. The van der Waals surface area contributed by atoms with Crippen LogP contribution >= 0.6 is 0 Å². The number of ether oxygens (including phenoxy) is 1. The van der Waals surface area contributed by atoms with E-state index in [9.17, 15) is 4.79 Å². The number of piperidine rings is 1. The van der Waals surface area contributed by atoms with E-state index in [0.29, 0.717) is 17.9 Å². The lowest BCUT2D eigenvalue weighted by molar-refractivity contribution is -0.119. The summed E-state index contributed by atoms with van der Waals surface area (Å²) in [5, 5.41) is 17.6. The average molecular weight is 470 g/mol. The van der Waals surface area contributed by atoms with Crippen LogP contribution in [0.15, 0.2) is 54.6 Å². The van der Waals surface area contributed by atoms with Crippen LogP contribution in [0.4, 0.5) is 5.69 Å². The first-order valence-corrected chi connectivity index (χ1v) is 12.1.